The van der Waals surface area contributed by atoms with Crippen LogP contribution in [0.15, 0.2) is 28.9 Å². The molecule has 3 rings (SSSR count). The number of benzene rings is 1. The zero-order valence-corrected chi connectivity index (χ0v) is 13.1. The molecule has 1 aromatic heterocycles. The van der Waals surface area contributed by atoms with Crippen LogP contribution in [0.1, 0.15) is 12.8 Å². The molecule has 0 aliphatic carbocycles. The van der Waals surface area contributed by atoms with E-state index in [0.717, 1.165) is 52.7 Å². The lowest BCUT2D eigenvalue weighted by atomic mass is 10.0. The summed E-state index contributed by atoms with van der Waals surface area (Å²) in [7, 11) is 1.79. The van der Waals surface area contributed by atoms with E-state index in [9.17, 15) is 0 Å². The molecular weight excluding hydrogens is 318 g/mol. The molecule has 1 fully saturated rings. The third-order valence-corrected chi connectivity index (χ3v) is 4.41. The van der Waals surface area contributed by atoms with Crippen LogP contribution in [0, 0.1) is 0 Å². The molecule has 0 bridgehead atoms. The Morgan fingerprint density at radius 3 is 2.80 bits per heavy atom. The maximum absolute atomic E-state index is 6.18. The van der Waals surface area contributed by atoms with E-state index in [1.54, 1.807) is 13.3 Å². The van der Waals surface area contributed by atoms with Gasteiger partial charge in [0.15, 0.2) is 0 Å². The molecule has 106 valence electrons. The Bertz CT molecular complexity index is 619. The van der Waals surface area contributed by atoms with Crippen molar-refractivity contribution in [2.45, 2.75) is 18.9 Å². The number of halogens is 1. The van der Waals surface area contributed by atoms with E-state index in [0.29, 0.717) is 6.10 Å². The molecule has 1 saturated heterocycles. The van der Waals surface area contributed by atoms with Gasteiger partial charge in [0, 0.05) is 30.1 Å². The Labute approximate surface area is 127 Å². The van der Waals surface area contributed by atoms with Crippen molar-refractivity contribution in [2.75, 3.05) is 30.8 Å². The van der Waals surface area contributed by atoms with Crippen LogP contribution in [0.2, 0.25) is 0 Å². The molecule has 0 radical (unpaired) electrons. The number of ether oxygens (including phenoxy) is 1. The van der Waals surface area contributed by atoms with Gasteiger partial charge in [0.25, 0.3) is 0 Å². The average molecular weight is 336 g/mol. The Morgan fingerprint density at radius 1 is 1.35 bits per heavy atom. The van der Waals surface area contributed by atoms with Gasteiger partial charge in [-0.2, -0.15) is 0 Å². The summed E-state index contributed by atoms with van der Waals surface area (Å²) in [6.07, 6.45) is 4.20. The second-order valence-corrected chi connectivity index (χ2v) is 6.06. The van der Waals surface area contributed by atoms with Crippen molar-refractivity contribution >= 4 is 38.2 Å². The van der Waals surface area contributed by atoms with Gasteiger partial charge in [-0.15, -0.1) is 0 Å². The summed E-state index contributed by atoms with van der Waals surface area (Å²) in [5, 5.41) is 1.11. The monoisotopic (exact) mass is 335 g/mol. The first-order valence-corrected chi connectivity index (χ1v) is 7.60. The molecule has 5 heteroatoms. The average Bonchev–Trinajstić information content (AvgIpc) is 2.47. The number of piperidine rings is 1. The van der Waals surface area contributed by atoms with Crippen LogP contribution in [-0.4, -0.2) is 31.3 Å². The highest BCUT2D eigenvalue weighted by atomic mass is 79.9. The molecule has 0 amide bonds. The Hall–Kier alpha value is -1.33. The number of hydrogen-bond donors (Lipinski definition) is 1. The van der Waals surface area contributed by atoms with Gasteiger partial charge in [0.2, 0.25) is 0 Å². The Balaban J connectivity index is 2.02. The van der Waals surface area contributed by atoms with Crippen molar-refractivity contribution in [3.8, 4) is 0 Å². The summed E-state index contributed by atoms with van der Waals surface area (Å²) in [5.41, 5.74) is 9.01. The van der Waals surface area contributed by atoms with Crippen molar-refractivity contribution in [1.29, 1.82) is 0 Å². The van der Waals surface area contributed by atoms with Crippen molar-refractivity contribution in [3.05, 3.63) is 28.9 Å². The molecule has 20 heavy (non-hydrogen) atoms. The first-order valence-electron chi connectivity index (χ1n) is 6.80. The largest absolute Gasteiger partial charge is 0.396 e. The van der Waals surface area contributed by atoms with Crippen molar-refractivity contribution in [2.24, 2.45) is 0 Å². The number of hydrogen-bond acceptors (Lipinski definition) is 4. The van der Waals surface area contributed by atoms with E-state index >= 15 is 0 Å². The Kier molecular flexibility index (Phi) is 3.81. The highest BCUT2D eigenvalue weighted by Crippen LogP contribution is 2.34. The summed E-state index contributed by atoms with van der Waals surface area (Å²) in [4.78, 5) is 6.76. The zero-order valence-electron chi connectivity index (χ0n) is 11.5. The first kappa shape index (κ1) is 13.6. The molecule has 1 aliphatic heterocycles. The van der Waals surface area contributed by atoms with Gasteiger partial charge >= 0.3 is 0 Å². The zero-order chi connectivity index (χ0) is 14.1. The SMILES string of the molecule is COC1CCN(c2c(N)cnc3ccc(Br)cc23)CC1. The fraction of sp³-hybridized carbons (Fsp3) is 0.400. The molecular formula is C15H18BrN3O. The van der Waals surface area contributed by atoms with Crippen molar-refractivity contribution in [3.63, 3.8) is 0 Å². The van der Waals surface area contributed by atoms with E-state index in [1.807, 2.05) is 12.1 Å². The molecule has 0 saturated carbocycles. The minimum atomic E-state index is 0.368. The minimum Gasteiger partial charge on any atom is -0.396 e. The van der Waals surface area contributed by atoms with E-state index in [1.165, 1.54) is 0 Å². The molecule has 0 spiro atoms. The lowest BCUT2D eigenvalue weighted by molar-refractivity contribution is 0.0820. The second kappa shape index (κ2) is 5.58. The van der Waals surface area contributed by atoms with Gasteiger partial charge in [-0.3, -0.25) is 4.98 Å². The third-order valence-electron chi connectivity index (χ3n) is 3.92. The van der Waals surface area contributed by atoms with Gasteiger partial charge < -0.3 is 15.4 Å². The fourth-order valence-electron chi connectivity index (χ4n) is 2.83. The lowest BCUT2D eigenvalue weighted by Gasteiger charge is -2.34. The van der Waals surface area contributed by atoms with E-state index in [-0.39, 0.29) is 0 Å². The number of aromatic nitrogens is 1. The number of nitrogens with zero attached hydrogens (tertiary/aromatic N) is 2. The van der Waals surface area contributed by atoms with E-state index in [4.69, 9.17) is 10.5 Å². The van der Waals surface area contributed by atoms with Crippen LogP contribution in [0.5, 0.6) is 0 Å². The van der Waals surface area contributed by atoms with Crippen LogP contribution in [0.4, 0.5) is 11.4 Å². The standard InChI is InChI=1S/C15H18BrN3O/c1-20-11-4-6-19(7-5-11)15-12-8-10(16)2-3-14(12)18-9-13(15)17/h2-3,8-9,11H,4-7,17H2,1H3. The maximum Gasteiger partial charge on any atom is 0.0745 e. The van der Waals surface area contributed by atoms with Gasteiger partial charge in [0.1, 0.15) is 0 Å². The smallest absolute Gasteiger partial charge is 0.0745 e. The summed E-state index contributed by atoms with van der Waals surface area (Å²) < 4.78 is 6.48. The first-order chi connectivity index (χ1) is 9.69. The lowest BCUT2D eigenvalue weighted by Crippen LogP contribution is -2.37. The molecule has 2 aromatic rings. The van der Waals surface area contributed by atoms with Crippen LogP contribution < -0.4 is 10.6 Å². The quantitative estimate of drug-likeness (QED) is 0.915. The molecule has 2 N–H and O–H groups in total. The number of pyridine rings is 1. The van der Waals surface area contributed by atoms with Gasteiger partial charge in [-0.1, -0.05) is 15.9 Å². The molecule has 1 aromatic carbocycles. The maximum atomic E-state index is 6.18. The van der Waals surface area contributed by atoms with Gasteiger partial charge in [-0.05, 0) is 31.0 Å². The van der Waals surface area contributed by atoms with Crippen LogP contribution >= 0.6 is 15.9 Å². The number of fused-ring (bicyclic) bond motifs is 1. The minimum absolute atomic E-state index is 0.368. The number of anilines is 2. The number of methoxy groups -OCH3 is 1. The van der Waals surface area contributed by atoms with Gasteiger partial charge in [-0.25, -0.2) is 0 Å². The molecule has 4 nitrogen and oxygen atoms in total. The topological polar surface area (TPSA) is 51.4 Å². The van der Waals surface area contributed by atoms with E-state index in [2.05, 4.69) is 31.9 Å². The predicted octanol–water partition coefficient (Wildman–Crippen LogP) is 3.19. The molecule has 0 unspecified atom stereocenters. The van der Waals surface area contributed by atoms with Crippen LogP contribution in [0.3, 0.4) is 0 Å². The normalized spacial score (nSPS) is 16.8. The number of rotatable bonds is 2. The summed E-state index contributed by atoms with van der Waals surface area (Å²) in [6, 6.07) is 6.12. The second-order valence-electron chi connectivity index (χ2n) is 5.15. The highest BCUT2D eigenvalue weighted by molar-refractivity contribution is 9.10. The van der Waals surface area contributed by atoms with Crippen molar-refractivity contribution in [1.82, 2.24) is 4.98 Å². The number of nitrogen functional groups attached to an aromatic ring is 1. The summed E-state index contributed by atoms with van der Waals surface area (Å²) >= 11 is 3.53. The number of nitrogens with two attached hydrogens (primary N) is 1. The van der Waals surface area contributed by atoms with Crippen LogP contribution in [-0.2, 0) is 4.74 Å². The molecule has 1 aliphatic rings. The van der Waals surface area contributed by atoms with Crippen LogP contribution in [0.25, 0.3) is 10.9 Å². The third kappa shape index (κ3) is 2.47. The van der Waals surface area contributed by atoms with Crippen molar-refractivity contribution < 1.29 is 4.74 Å². The Morgan fingerprint density at radius 2 is 2.10 bits per heavy atom. The fourth-order valence-corrected chi connectivity index (χ4v) is 3.20. The molecule has 2 heterocycles. The molecule has 0 atom stereocenters. The highest BCUT2D eigenvalue weighted by Gasteiger charge is 2.22. The summed E-state index contributed by atoms with van der Waals surface area (Å²) in [5.74, 6) is 0. The van der Waals surface area contributed by atoms with E-state index < -0.39 is 0 Å². The van der Waals surface area contributed by atoms with Gasteiger partial charge in [0.05, 0.1) is 29.2 Å². The summed E-state index contributed by atoms with van der Waals surface area (Å²) in [6.45, 7) is 1.93. The predicted molar refractivity (Wildman–Crippen MR) is 86.1 cm³/mol.